The second-order valence-corrected chi connectivity index (χ2v) is 7.39. The van der Waals surface area contributed by atoms with Crippen molar-refractivity contribution in [2.24, 2.45) is 0 Å². The van der Waals surface area contributed by atoms with Gasteiger partial charge in [-0.1, -0.05) is 13.0 Å². The van der Waals surface area contributed by atoms with Crippen LogP contribution in [0.15, 0.2) is 36.5 Å². The van der Waals surface area contributed by atoms with Crippen LogP contribution in [0, 0.1) is 23.0 Å². The molecule has 1 heterocycles. The van der Waals surface area contributed by atoms with E-state index in [4.69, 9.17) is 10.4 Å². The Bertz CT molecular complexity index is 851. The van der Waals surface area contributed by atoms with Crippen molar-refractivity contribution in [3.63, 3.8) is 0 Å². The van der Waals surface area contributed by atoms with Gasteiger partial charge in [-0.3, -0.25) is 5.32 Å². The molecular formula is C23H30F2N5OW-. The number of aliphatic hydroxyl groups is 1. The van der Waals surface area contributed by atoms with Crippen LogP contribution in [0.3, 0.4) is 0 Å². The Morgan fingerprint density at radius 3 is 2.34 bits per heavy atom. The Morgan fingerprint density at radius 2 is 1.91 bits per heavy atom. The molecule has 2 N–H and O–H groups in total. The van der Waals surface area contributed by atoms with Gasteiger partial charge in [-0.15, -0.1) is 6.54 Å². The number of nitriles is 1. The van der Waals surface area contributed by atoms with Crippen LogP contribution in [0.25, 0.3) is 5.32 Å². The summed E-state index contributed by atoms with van der Waals surface area (Å²) < 4.78 is 26.7. The van der Waals surface area contributed by atoms with Crippen LogP contribution in [0.4, 0.5) is 14.6 Å². The summed E-state index contributed by atoms with van der Waals surface area (Å²) in [5.74, 6) is -0.197. The molecule has 174 valence electrons. The zero-order valence-electron chi connectivity index (χ0n) is 18.7. The summed E-state index contributed by atoms with van der Waals surface area (Å²) >= 11 is 0. The molecule has 1 unspecified atom stereocenters. The van der Waals surface area contributed by atoms with E-state index in [2.05, 4.69) is 40.4 Å². The van der Waals surface area contributed by atoms with Crippen LogP contribution in [0.5, 0.6) is 0 Å². The average molecular weight is 614 g/mol. The molecule has 1 aliphatic rings. The fraction of sp³-hybridized carbons (Fsp3) is 0.478. The third-order valence-electron chi connectivity index (χ3n) is 5.27. The number of hydrogen-bond acceptors (Lipinski definition) is 5. The Hall–Kier alpha value is -1.91. The summed E-state index contributed by atoms with van der Waals surface area (Å²) in [5, 5.41) is 24.5. The molecule has 1 aromatic carbocycles. The minimum Gasteiger partial charge on any atom is -0.661 e. The van der Waals surface area contributed by atoms with Crippen LogP contribution in [-0.2, 0) is 26.6 Å². The first-order chi connectivity index (χ1) is 14.9. The first-order valence-corrected chi connectivity index (χ1v) is 10.5. The van der Waals surface area contributed by atoms with E-state index < -0.39 is 17.2 Å². The summed E-state index contributed by atoms with van der Waals surface area (Å²) in [5.41, 5.74) is -0.0331. The van der Waals surface area contributed by atoms with Crippen molar-refractivity contribution in [3.05, 3.63) is 64.6 Å². The summed E-state index contributed by atoms with van der Waals surface area (Å²) in [6.45, 7) is 8.57. The minimum absolute atomic E-state index is 0. The van der Waals surface area contributed by atoms with Crippen molar-refractivity contribution in [3.8, 4) is 6.07 Å². The second-order valence-electron chi connectivity index (χ2n) is 7.39. The van der Waals surface area contributed by atoms with Crippen LogP contribution < -0.4 is 10.2 Å². The van der Waals surface area contributed by atoms with E-state index in [1.165, 1.54) is 18.2 Å². The molecule has 1 fully saturated rings. The number of nitrogens with zero attached hydrogens (tertiary/aromatic N) is 4. The topological polar surface area (TPSA) is 86.3 Å². The maximum absolute atomic E-state index is 13.3. The molecule has 1 saturated carbocycles. The largest absolute Gasteiger partial charge is 0.661 e. The van der Waals surface area contributed by atoms with E-state index in [0.29, 0.717) is 24.4 Å². The first-order valence-electron chi connectivity index (χ1n) is 10.5. The molecule has 0 radical (unpaired) electrons. The zero-order chi connectivity index (χ0) is 22.9. The number of aliphatic hydroxyl groups excluding tert-OH is 1. The maximum atomic E-state index is 13.3. The maximum Gasteiger partial charge on any atom is 0.131 e. The third kappa shape index (κ3) is 7.31. The molecular weight excluding hydrogens is 584 g/mol. The van der Waals surface area contributed by atoms with Crippen molar-refractivity contribution < 1.29 is 35.0 Å². The Balaban J connectivity index is 0.000000315. The quantitative estimate of drug-likeness (QED) is 0.417. The molecule has 0 bridgehead atoms. The van der Waals surface area contributed by atoms with Crippen LogP contribution in [-0.4, -0.2) is 42.5 Å². The number of nitrogens with one attached hydrogen (secondary N) is 1. The fourth-order valence-electron chi connectivity index (χ4n) is 3.48. The number of benzene rings is 1. The predicted molar refractivity (Wildman–Crippen MR) is 118 cm³/mol. The van der Waals surface area contributed by atoms with Gasteiger partial charge in [0.1, 0.15) is 23.5 Å². The number of hydrogen-bond donors (Lipinski definition) is 2. The van der Waals surface area contributed by atoms with Gasteiger partial charge < -0.3 is 15.3 Å². The van der Waals surface area contributed by atoms with Gasteiger partial charge in [0.25, 0.3) is 0 Å². The van der Waals surface area contributed by atoms with Gasteiger partial charge in [-0.2, -0.15) is 11.8 Å². The van der Waals surface area contributed by atoms with E-state index >= 15 is 0 Å². The average Bonchev–Trinajstić information content (AvgIpc) is 3.54. The Kier molecular flexibility index (Phi) is 11.9. The van der Waals surface area contributed by atoms with Gasteiger partial charge in [0.2, 0.25) is 0 Å². The molecule has 1 atom stereocenters. The number of halogens is 2. The molecule has 9 heteroatoms. The number of rotatable bonds is 9. The molecule has 0 spiro atoms. The Labute approximate surface area is 203 Å². The summed E-state index contributed by atoms with van der Waals surface area (Å²) in [6.07, 6.45) is 2.93. The van der Waals surface area contributed by atoms with E-state index in [0.717, 1.165) is 25.5 Å². The SMILES string of the molecule is CC[N-]CC(C)N(CC)c1ccc(C#N)cn1.OCNC1(c2c(F)cccc2F)CC1.[W]. The second kappa shape index (κ2) is 13.6. The molecule has 32 heavy (non-hydrogen) atoms. The molecule has 1 aliphatic carbocycles. The monoisotopic (exact) mass is 614 g/mol. The van der Waals surface area contributed by atoms with Gasteiger partial charge >= 0.3 is 0 Å². The van der Waals surface area contributed by atoms with Gasteiger partial charge in [-0.05, 0) is 51.0 Å². The molecule has 0 saturated heterocycles. The van der Waals surface area contributed by atoms with Gasteiger partial charge in [-0.25, -0.2) is 13.8 Å². The molecule has 0 amide bonds. The normalized spacial score (nSPS) is 14.3. The number of aromatic nitrogens is 1. The van der Waals surface area contributed by atoms with Crippen LogP contribution in [0.2, 0.25) is 0 Å². The standard InChI is InChI=1S/C13H19N4.C10H11F2NO.W/c1-4-15-9-11(3)17(5-2)13-7-6-12(8-14)10-16-13;11-7-2-1-3-8(12)9(7)10(4-5-10)13-6-14;/h6-7,10-11H,4-5,9H2,1-3H3;1-3,13-14H,4-6H2;/q-1;;. The Morgan fingerprint density at radius 1 is 1.25 bits per heavy atom. The van der Waals surface area contributed by atoms with E-state index in [-0.39, 0.29) is 33.4 Å². The number of pyridine rings is 1. The fourth-order valence-corrected chi connectivity index (χ4v) is 3.48. The molecule has 6 nitrogen and oxygen atoms in total. The van der Waals surface area contributed by atoms with E-state index in [1.54, 1.807) is 12.3 Å². The first kappa shape index (κ1) is 28.1. The summed E-state index contributed by atoms with van der Waals surface area (Å²) in [7, 11) is 0. The predicted octanol–water partition coefficient (Wildman–Crippen LogP) is 4.05. The van der Waals surface area contributed by atoms with E-state index in [9.17, 15) is 8.78 Å². The van der Waals surface area contributed by atoms with Crippen molar-refractivity contribution in [1.82, 2.24) is 10.3 Å². The summed E-state index contributed by atoms with van der Waals surface area (Å²) in [6, 6.07) is 9.91. The third-order valence-corrected chi connectivity index (χ3v) is 5.27. The van der Waals surface area contributed by atoms with Crippen LogP contribution >= 0.6 is 0 Å². The van der Waals surface area contributed by atoms with Crippen molar-refractivity contribution in [2.45, 2.75) is 45.2 Å². The number of likely N-dealkylation sites (N-methyl/N-ethyl adjacent to an activating group) is 2. The number of anilines is 1. The van der Waals surface area contributed by atoms with Crippen LogP contribution in [0.1, 0.15) is 44.7 Å². The molecule has 0 aliphatic heterocycles. The van der Waals surface area contributed by atoms with Gasteiger partial charge in [0.05, 0.1) is 17.8 Å². The molecule has 1 aromatic heterocycles. The van der Waals surface area contributed by atoms with Crippen molar-refractivity contribution >= 4 is 5.82 Å². The molecule has 2 aromatic rings. The van der Waals surface area contributed by atoms with Crippen molar-refractivity contribution in [1.29, 1.82) is 5.26 Å². The van der Waals surface area contributed by atoms with Crippen molar-refractivity contribution in [2.75, 3.05) is 31.3 Å². The van der Waals surface area contributed by atoms with Gasteiger partial charge in [0, 0.05) is 45.4 Å². The smallest absolute Gasteiger partial charge is 0.131 e. The van der Waals surface area contributed by atoms with E-state index in [1.807, 2.05) is 13.0 Å². The molecule has 3 rings (SSSR count). The minimum atomic E-state index is -0.676. The summed E-state index contributed by atoms with van der Waals surface area (Å²) in [4.78, 5) is 6.51. The zero-order valence-corrected chi connectivity index (χ0v) is 21.6. The van der Waals surface area contributed by atoms with Gasteiger partial charge in [0.15, 0.2) is 0 Å².